The number of benzene rings is 1. The molecule has 0 saturated heterocycles. The molecule has 7 heteroatoms. The third-order valence-electron chi connectivity index (χ3n) is 6.04. The number of hydrogen-bond donors (Lipinski definition) is 3. The monoisotopic (exact) mass is 424 g/mol. The number of fused-ring (bicyclic) bond motifs is 1. The van der Waals surface area contributed by atoms with E-state index in [0.717, 1.165) is 57.4 Å². The summed E-state index contributed by atoms with van der Waals surface area (Å²) in [5, 5.41) is 8.60. The van der Waals surface area contributed by atoms with Gasteiger partial charge in [-0.2, -0.15) is 5.10 Å². The van der Waals surface area contributed by atoms with Gasteiger partial charge in [0, 0.05) is 29.7 Å². The molecule has 0 amide bonds. The molecule has 3 atom stereocenters. The van der Waals surface area contributed by atoms with Crippen molar-refractivity contribution in [3.63, 3.8) is 0 Å². The molecule has 0 fully saturated rings. The van der Waals surface area contributed by atoms with Crippen LogP contribution in [0.2, 0.25) is 5.02 Å². The minimum Gasteiger partial charge on any atom is -0.348 e. The van der Waals surface area contributed by atoms with Crippen LogP contribution in [-0.2, 0) is 6.42 Å². The maximum absolute atomic E-state index is 6.71. The first kappa shape index (κ1) is 20.7. The fourth-order valence-corrected chi connectivity index (χ4v) is 4.85. The third kappa shape index (κ3) is 3.77. The van der Waals surface area contributed by atoms with Crippen LogP contribution in [0.25, 0.3) is 0 Å². The fraction of sp³-hybridized carbons (Fsp3) is 0.391. The highest BCUT2D eigenvalue weighted by atomic mass is 35.5. The van der Waals surface area contributed by atoms with Gasteiger partial charge in [-0.1, -0.05) is 37.6 Å². The predicted octanol–water partition coefficient (Wildman–Crippen LogP) is 5.44. The first-order valence-electron chi connectivity index (χ1n) is 10.4. The van der Waals surface area contributed by atoms with Crippen molar-refractivity contribution in [1.82, 2.24) is 20.2 Å². The molecule has 1 aliphatic rings. The molecule has 0 aliphatic carbocycles. The maximum atomic E-state index is 6.71. The number of H-pyrrole nitrogens is 2. The van der Waals surface area contributed by atoms with E-state index in [9.17, 15) is 0 Å². The second-order valence-electron chi connectivity index (χ2n) is 8.46. The van der Waals surface area contributed by atoms with Gasteiger partial charge in [-0.15, -0.1) is 0 Å². The molecule has 0 saturated carbocycles. The number of rotatable bonds is 6. The van der Waals surface area contributed by atoms with Crippen LogP contribution >= 0.6 is 11.6 Å². The number of nitrogens with one attached hydrogen (secondary N) is 2. The van der Waals surface area contributed by atoms with E-state index in [1.807, 2.05) is 18.5 Å². The van der Waals surface area contributed by atoms with Gasteiger partial charge in [0.2, 0.25) is 0 Å². The van der Waals surface area contributed by atoms with E-state index >= 15 is 0 Å². The number of halogens is 1. The molecule has 0 radical (unpaired) electrons. The van der Waals surface area contributed by atoms with Crippen molar-refractivity contribution in [2.24, 2.45) is 11.7 Å². The number of aromatic nitrogens is 4. The fourth-order valence-electron chi connectivity index (χ4n) is 4.44. The smallest absolute Gasteiger partial charge is 0.162 e. The zero-order valence-electron chi connectivity index (χ0n) is 17.9. The van der Waals surface area contributed by atoms with E-state index < -0.39 is 0 Å². The Kier molecular flexibility index (Phi) is 5.71. The summed E-state index contributed by atoms with van der Waals surface area (Å²) in [6.07, 6.45) is 9.56. The zero-order valence-corrected chi connectivity index (χ0v) is 18.7. The molecule has 4 N–H and O–H groups in total. The largest absolute Gasteiger partial charge is 0.348 e. The maximum Gasteiger partial charge on any atom is 0.162 e. The van der Waals surface area contributed by atoms with Crippen molar-refractivity contribution in [2.45, 2.75) is 52.5 Å². The Labute approximate surface area is 182 Å². The lowest BCUT2D eigenvalue weighted by atomic mass is 9.87. The van der Waals surface area contributed by atoms with Crippen molar-refractivity contribution in [1.29, 1.82) is 0 Å². The minimum absolute atomic E-state index is 0.130. The second-order valence-corrected chi connectivity index (χ2v) is 8.86. The van der Waals surface area contributed by atoms with Crippen LogP contribution in [0.15, 0.2) is 36.9 Å². The van der Waals surface area contributed by atoms with Gasteiger partial charge in [-0.05, 0) is 55.7 Å². The molecule has 0 spiro atoms. The van der Waals surface area contributed by atoms with Gasteiger partial charge in [0.05, 0.1) is 22.7 Å². The predicted molar refractivity (Wildman–Crippen MR) is 122 cm³/mol. The average Bonchev–Trinajstić information content (AvgIpc) is 3.37. The lowest BCUT2D eigenvalue weighted by Gasteiger charge is -2.27. The molecule has 4 rings (SSSR count). The molecule has 1 aliphatic heterocycles. The van der Waals surface area contributed by atoms with E-state index in [2.05, 4.69) is 64.9 Å². The van der Waals surface area contributed by atoms with Crippen LogP contribution in [0, 0.1) is 19.8 Å². The molecule has 30 heavy (non-hydrogen) atoms. The van der Waals surface area contributed by atoms with Gasteiger partial charge in [-0.3, -0.25) is 10.00 Å². The van der Waals surface area contributed by atoms with Gasteiger partial charge in [0.25, 0.3) is 0 Å². The highest BCUT2D eigenvalue weighted by Gasteiger charge is 2.29. The van der Waals surface area contributed by atoms with Gasteiger partial charge < -0.3 is 10.7 Å². The van der Waals surface area contributed by atoms with Crippen molar-refractivity contribution >= 4 is 23.1 Å². The Balaban J connectivity index is 1.60. The number of imidazole rings is 1. The van der Waals surface area contributed by atoms with Crippen molar-refractivity contribution in [2.75, 3.05) is 4.90 Å². The topological polar surface area (TPSA) is 86.6 Å². The third-order valence-corrected chi connectivity index (χ3v) is 6.33. The quantitative estimate of drug-likeness (QED) is 0.491. The molecule has 0 bridgehead atoms. The standard InChI is InChI=1S/C23H29ClN6/c1-13-8-16(4)22(18(24)9-13)30-7-5-6-17-21(28-29-23(17)30)20(25)15(3)10-14(2)19-11-26-12-27-19/h5,7-9,11-12,14-15,20H,6,10,25H2,1-4H3,(H,26,27)(H,28,29). The Hall–Kier alpha value is -2.57. The summed E-state index contributed by atoms with van der Waals surface area (Å²) in [6, 6.07) is 4.00. The summed E-state index contributed by atoms with van der Waals surface area (Å²) in [7, 11) is 0. The number of nitrogens with two attached hydrogens (primary N) is 1. The van der Waals surface area contributed by atoms with E-state index in [1.165, 1.54) is 0 Å². The van der Waals surface area contributed by atoms with Crippen molar-refractivity contribution in [3.05, 3.63) is 70.0 Å². The summed E-state index contributed by atoms with van der Waals surface area (Å²) in [6.45, 7) is 8.53. The number of aryl methyl sites for hydroxylation is 2. The lowest BCUT2D eigenvalue weighted by molar-refractivity contribution is 0.398. The molecular formula is C23H29ClN6. The van der Waals surface area contributed by atoms with E-state index in [0.29, 0.717) is 5.92 Å². The van der Waals surface area contributed by atoms with E-state index in [-0.39, 0.29) is 12.0 Å². The number of aromatic amines is 2. The highest BCUT2D eigenvalue weighted by Crippen LogP contribution is 2.41. The van der Waals surface area contributed by atoms with Crippen LogP contribution in [0.1, 0.15) is 60.3 Å². The zero-order chi connectivity index (χ0) is 21.4. The molecular weight excluding hydrogens is 396 g/mol. The number of hydrogen-bond acceptors (Lipinski definition) is 4. The van der Waals surface area contributed by atoms with Crippen molar-refractivity contribution in [3.8, 4) is 0 Å². The van der Waals surface area contributed by atoms with Crippen molar-refractivity contribution < 1.29 is 0 Å². The second kappa shape index (κ2) is 8.28. The first-order valence-corrected chi connectivity index (χ1v) is 10.8. The van der Waals surface area contributed by atoms with Gasteiger partial charge in [0.1, 0.15) is 0 Å². The summed E-state index contributed by atoms with van der Waals surface area (Å²) in [4.78, 5) is 9.41. The first-order chi connectivity index (χ1) is 14.4. The van der Waals surface area contributed by atoms with Crippen LogP contribution in [0.5, 0.6) is 0 Å². The molecule has 1 aromatic carbocycles. The number of allylic oxidation sites excluding steroid dienone is 1. The molecule has 3 aromatic rings. The highest BCUT2D eigenvalue weighted by molar-refractivity contribution is 6.33. The van der Waals surface area contributed by atoms with E-state index in [4.69, 9.17) is 17.3 Å². The van der Waals surface area contributed by atoms with Gasteiger partial charge >= 0.3 is 0 Å². The lowest BCUT2D eigenvalue weighted by Crippen LogP contribution is -2.23. The number of anilines is 2. The molecule has 6 nitrogen and oxygen atoms in total. The van der Waals surface area contributed by atoms with Gasteiger partial charge in [0.15, 0.2) is 5.82 Å². The summed E-state index contributed by atoms with van der Waals surface area (Å²) in [5.41, 5.74) is 13.2. The SMILES string of the molecule is Cc1cc(C)c(N2C=CCc3c2n[nH]c3C(N)C(C)CC(C)c2cnc[nH]2)c(Cl)c1. The van der Waals surface area contributed by atoms with Crippen LogP contribution < -0.4 is 10.6 Å². The normalized spacial score (nSPS) is 16.4. The van der Waals surface area contributed by atoms with Crippen LogP contribution in [0.3, 0.4) is 0 Å². The molecule has 2 aromatic heterocycles. The Bertz CT molecular complexity index is 1030. The summed E-state index contributed by atoms with van der Waals surface area (Å²) < 4.78 is 0. The molecule has 158 valence electrons. The Morgan fingerprint density at radius 3 is 2.77 bits per heavy atom. The van der Waals surface area contributed by atoms with E-state index in [1.54, 1.807) is 6.33 Å². The number of nitrogens with zero attached hydrogens (tertiary/aromatic N) is 3. The molecule has 3 unspecified atom stereocenters. The van der Waals surface area contributed by atoms with Crippen LogP contribution in [0.4, 0.5) is 11.5 Å². The minimum atomic E-state index is -0.130. The van der Waals surface area contributed by atoms with Crippen LogP contribution in [-0.4, -0.2) is 20.2 Å². The Morgan fingerprint density at radius 2 is 2.07 bits per heavy atom. The summed E-state index contributed by atoms with van der Waals surface area (Å²) in [5.74, 6) is 1.51. The Morgan fingerprint density at radius 1 is 1.27 bits per heavy atom. The molecule has 3 heterocycles. The average molecular weight is 425 g/mol. The van der Waals surface area contributed by atoms with Gasteiger partial charge in [-0.25, -0.2) is 4.98 Å². The summed E-state index contributed by atoms with van der Waals surface area (Å²) >= 11 is 6.61.